The van der Waals surface area contributed by atoms with Crippen LogP contribution in [-0.2, 0) is 4.79 Å². The molecule has 0 fully saturated rings. The van der Waals surface area contributed by atoms with Crippen molar-refractivity contribution in [3.8, 4) is 11.1 Å². The fourth-order valence-electron chi connectivity index (χ4n) is 2.07. The highest BCUT2D eigenvalue weighted by atomic mass is 35.5. The molecule has 0 spiro atoms. The number of rotatable bonds is 3. The fraction of sp³-hybridized carbons (Fsp3) is 0.200. The van der Waals surface area contributed by atoms with Gasteiger partial charge in [-0.1, -0.05) is 17.7 Å². The standard InChI is InChI=1S/C15H15ClN2O/c1-10(18-11(2)19)15-9-13(16)3-4-14(15)12-5-7-17-8-6-12/h3-10H,1-2H3,(H,18,19). The van der Waals surface area contributed by atoms with Crippen molar-refractivity contribution in [1.82, 2.24) is 10.3 Å². The molecule has 0 aliphatic rings. The first kappa shape index (κ1) is 13.6. The summed E-state index contributed by atoms with van der Waals surface area (Å²) in [6, 6.07) is 9.48. The van der Waals surface area contributed by atoms with Crippen molar-refractivity contribution in [3.63, 3.8) is 0 Å². The van der Waals surface area contributed by atoms with Crippen molar-refractivity contribution in [2.24, 2.45) is 0 Å². The Morgan fingerprint density at radius 1 is 1.26 bits per heavy atom. The quantitative estimate of drug-likeness (QED) is 0.929. The van der Waals surface area contributed by atoms with Crippen molar-refractivity contribution in [2.45, 2.75) is 19.9 Å². The summed E-state index contributed by atoms with van der Waals surface area (Å²) in [6.45, 7) is 3.45. The Bertz CT molecular complexity index is 584. The van der Waals surface area contributed by atoms with E-state index in [1.807, 2.05) is 37.3 Å². The van der Waals surface area contributed by atoms with E-state index >= 15 is 0 Å². The minimum Gasteiger partial charge on any atom is -0.350 e. The first-order valence-corrected chi connectivity index (χ1v) is 6.42. The van der Waals surface area contributed by atoms with E-state index in [9.17, 15) is 4.79 Å². The van der Waals surface area contributed by atoms with Gasteiger partial charge < -0.3 is 5.32 Å². The van der Waals surface area contributed by atoms with E-state index in [0.717, 1.165) is 16.7 Å². The highest BCUT2D eigenvalue weighted by molar-refractivity contribution is 6.30. The molecule has 1 aromatic carbocycles. The van der Waals surface area contributed by atoms with Gasteiger partial charge in [0, 0.05) is 24.3 Å². The third kappa shape index (κ3) is 3.32. The molecule has 1 heterocycles. The lowest BCUT2D eigenvalue weighted by molar-refractivity contribution is -0.119. The molecule has 19 heavy (non-hydrogen) atoms. The van der Waals surface area contributed by atoms with E-state index in [-0.39, 0.29) is 11.9 Å². The highest BCUT2D eigenvalue weighted by Gasteiger charge is 2.13. The Hall–Kier alpha value is -1.87. The van der Waals surface area contributed by atoms with Gasteiger partial charge in [-0.2, -0.15) is 0 Å². The van der Waals surface area contributed by atoms with E-state index in [1.165, 1.54) is 6.92 Å². The van der Waals surface area contributed by atoms with Crippen molar-refractivity contribution in [2.75, 3.05) is 0 Å². The summed E-state index contributed by atoms with van der Waals surface area (Å²) in [5, 5.41) is 3.54. The largest absolute Gasteiger partial charge is 0.350 e. The second-order valence-corrected chi connectivity index (χ2v) is 4.83. The van der Waals surface area contributed by atoms with Gasteiger partial charge in [0.25, 0.3) is 0 Å². The molecule has 1 aromatic heterocycles. The maximum absolute atomic E-state index is 11.2. The maximum atomic E-state index is 11.2. The van der Waals surface area contributed by atoms with Crippen LogP contribution in [0.5, 0.6) is 0 Å². The second-order valence-electron chi connectivity index (χ2n) is 4.39. The number of nitrogens with one attached hydrogen (secondary N) is 1. The molecule has 0 saturated heterocycles. The molecule has 0 saturated carbocycles. The van der Waals surface area contributed by atoms with E-state index < -0.39 is 0 Å². The first-order valence-electron chi connectivity index (χ1n) is 6.05. The number of carbonyl (C=O) groups excluding carboxylic acids is 1. The number of amides is 1. The highest BCUT2D eigenvalue weighted by Crippen LogP contribution is 2.30. The molecule has 0 aliphatic heterocycles. The molecule has 1 atom stereocenters. The predicted octanol–water partition coefficient (Wildman–Crippen LogP) is 3.60. The third-order valence-electron chi connectivity index (χ3n) is 2.89. The normalized spacial score (nSPS) is 11.9. The lowest BCUT2D eigenvalue weighted by Crippen LogP contribution is -2.24. The van der Waals surface area contributed by atoms with E-state index in [2.05, 4.69) is 10.3 Å². The number of carbonyl (C=O) groups is 1. The topological polar surface area (TPSA) is 42.0 Å². The Labute approximate surface area is 117 Å². The zero-order valence-electron chi connectivity index (χ0n) is 10.9. The fourth-order valence-corrected chi connectivity index (χ4v) is 2.25. The number of hydrogen-bond donors (Lipinski definition) is 1. The number of aromatic nitrogens is 1. The lowest BCUT2D eigenvalue weighted by atomic mass is 9.96. The number of nitrogens with zero attached hydrogens (tertiary/aromatic N) is 1. The summed E-state index contributed by atoms with van der Waals surface area (Å²) in [5.41, 5.74) is 3.10. The molecule has 0 aliphatic carbocycles. The van der Waals surface area contributed by atoms with Gasteiger partial charge in [-0.15, -0.1) is 0 Å². The molecule has 1 amide bonds. The zero-order valence-corrected chi connectivity index (χ0v) is 11.6. The smallest absolute Gasteiger partial charge is 0.217 e. The van der Waals surface area contributed by atoms with Crippen LogP contribution < -0.4 is 5.32 Å². The summed E-state index contributed by atoms with van der Waals surface area (Å²) in [5.74, 6) is -0.0619. The average Bonchev–Trinajstić information content (AvgIpc) is 2.39. The van der Waals surface area contributed by atoms with Crippen LogP contribution in [0.15, 0.2) is 42.7 Å². The number of benzene rings is 1. The van der Waals surface area contributed by atoms with Crippen molar-refractivity contribution in [3.05, 3.63) is 53.3 Å². The molecular formula is C15H15ClN2O. The Balaban J connectivity index is 2.47. The summed E-state index contributed by atoms with van der Waals surface area (Å²) >= 11 is 6.06. The van der Waals surface area contributed by atoms with E-state index in [0.29, 0.717) is 5.02 Å². The minimum absolute atomic E-state index is 0.0619. The molecule has 3 nitrogen and oxygen atoms in total. The minimum atomic E-state index is -0.0978. The van der Waals surface area contributed by atoms with Crippen LogP contribution in [0.1, 0.15) is 25.5 Å². The maximum Gasteiger partial charge on any atom is 0.217 e. The molecule has 1 unspecified atom stereocenters. The lowest BCUT2D eigenvalue weighted by Gasteiger charge is -2.18. The van der Waals surface area contributed by atoms with Crippen LogP contribution >= 0.6 is 11.6 Å². The van der Waals surface area contributed by atoms with Gasteiger partial charge in [0.1, 0.15) is 0 Å². The second kappa shape index (κ2) is 5.85. The molecule has 0 bridgehead atoms. The predicted molar refractivity (Wildman–Crippen MR) is 76.9 cm³/mol. The molecule has 4 heteroatoms. The van der Waals surface area contributed by atoms with Crippen LogP contribution in [0.3, 0.4) is 0 Å². The monoisotopic (exact) mass is 274 g/mol. The van der Waals surface area contributed by atoms with Crippen LogP contribution in [-0.4, -0.2) is 10.9 Å². The zero-order chi connectivity index (χ0) is 13.8. The van der Waals surface area contributed by atoms with Crippen LogP contribution in [0.2, 0.25) is 5.02 Å². The van der Waals surface area contributed by atoms with Gasteiger partial charge >= 0.3 is 0 Å². The molecule has 0 radical (unpaired) electrons. The van der Waals surface area contributed by atoms with Gasteiger partial charge in [-0.05, 0) is 47.9 Å². The van der Waals surface area contributed by atoms with Crippen LogP contribution in [0.25, 0.3) is 11.1 Å². The molecular weight excluding hydrogens is 260 g/mol. The van der Waals surface area contributed by atoms with Crippen molar-refractivity contribution >= 4 is 17.5 Å². The molecule has 2 aromatic rings. The number of pyridine rings is 1. The average molecular weight is 275 g/mol. The molecule has 2 rings (SSSR count). The van der Waals surface area contributed by atoms with Gasteiger partial charge in [0.05, 0.1) is 6.04 Å². The van der Waals surface area contributed by atoms with Crippen LogP contribution in [0.4, 0.5) is 0 Å². The molecule has 1 N–H and O–H groups in total. The van der Waals surface area contributed by atoms with Crippen LogP contribution in [0, 0.1) is 0 Å². The summed E-state index contributed by atoms with van der Waals surface area (Å²) in [7, 11) is 0. The number of halogens is 1. The van der Waals surface area contributed by atoms with Crippen molar-refractivity contribution < 1.29 is 4.79 Å². The van der Waals surface area contributed by atoms with Crippen molar-refractivity contribution in [1.29, 1.82) is 0 Å². The van der Waals surface area contributed by atoms with E-state index in [4.69, 9.17) is 11.6 Å². The third-order valence-corrected chi connectivity index (χ3v) is 3.13. The van der Waals surface area contributed by atoms with Gasteiger partial charge in [0.15, 0.2) is 0 Å². The SMILES string of the molecule is CC(=O)NC(C)c1cc(Cl)ccc1-c1ccncc1. The first-order chi connectivity index (χ1) is 9.08. The van der Waals surface area contributed by atoms with E-state index in [1.54, 1.807) is 12.4 Å². The van der Waals surface area contributed by atoms with Gasteiger partial charge in [0.2, 0.25) is 5.91 Å². The number of hydrogen-bond acceptors (Lipinski definition) is 2. The Morgan fingerprint density at radius 2 is 1.95 bits per heavy atom. The molecule has 98 valence electrons. The summed E-state index contributed by atoms with van der Waals surface area (Å²) in [4.78, 5) is 15.2. The van der Waals surface area contributed by atoms with Gasteiger partial charge in [-0.3, -0.25) is 9.78 Å². The Kier molecular flexibility index (Phi) is 4.17. The van der Waals surface area contributed by atoms with Gasteiger partial charge in [-0.25, -0.2) is 0 Å². The summed E-state index contributed by atoms with van der Waals surface area (Å²) < 4.78 is 0. The summed E-state index contributed by atoms with van der Waals surface area (Å²) in [6.07, 6.45) is 3.49. The Morgan fingerprint density at radius 3 is 2.58 bits per heavy atom.